The first kappa shape index (κ1) is 18.6. The Kier molecular flexibility index (Phi) is 8.97. The molecule has 0 aliphatic heterocycles. The van der Waals surface area contributed by atoms with Crippen molar-refractivity contribution < 1.29 is 0 Å². The molecule has 0 aromatic carbocycles. The van der Waals surface area contributed by atoms with Crippen LogP contribution < -0.4 is 16.4 Å². The Balaban J connectivity index is 3.92. The summed E-state index contributed by atoms with van der Waals surface area (Å²) < 4.78 is 0.0323. The van der Waals surface area contributed by atoms with Crippen LogP contribution in [0.25, 0.3) is 0 Å². The second kappa shape index (κ2) is 8.69. The Bertz CT molecular complexity index is 215. The predicted molar refractivity (Wildman–Crippen MR) is 89.0 cm³/mol. The highest BCUT2D eigenvalue weighted by atomic mass is 32.1. The molecule has 0 spiro atoms. The minimum absolute atomic E-state index is 0.0323. The zero-order valence-electron chi connectivity index (χ0n) is 12.4. The summed E-state index contributed by atoms with van der Waals surface area (Å²) in [4.78, 5) is 0. The molecule has 3 nitrogen and oxygen atoms in total. The third kappa shape index (κ3) is 8.64. The van der Waals surface area contributed by atoms with Gasteiger partial charge in [0.15, 0.2) is 0 Å². The summed E-state index contributed by atoms with van der Waals surface area (Å²) in [5.41, 5.74) is 6.20. The van der Waals surface area contributed by atoms with Crippen molar-refractivity contribution in [1.82, 2.24) is 10.6 Å². The lowest BCUT2D eigenvalue weighted by Gasteiger charge is -2.30. The number of nitrogens with one attached hydrogen (secondary N) is 2. The van der Waals surface area contributed by atoms with Gasteiger partial charge in [-0.3, -0.25) is 0 Å². The number of hydrogen-bond acceptors (Lipinski definition) is 5. The Morgan fingerprint density at radius 3 is 2.11 bits per heavy atom. The first-order valence-electron chi connectivity index (χ1n) is 6.75. The van der Waals surface area contributed by atoms with Crippen LogP contribution >= 0.6 is 25.3 Å². The fraction of sp³-hybridized carbons (Fsp3) is 1.00. The summed E-state index contributed by atoms with van der Waals surface area (Å²) in [6, 6.07) is 0.387. The molecule has 0 aliphatic carbocycles. The minimum atomic E-state index is 0.0323. The van der Waals surface area contributed by atoms with E-state index < -0.39 is 0 Å². The molecule has 0 bridgehead atoms. The molecule has 110 valence electrons. The van der Waals surface area contributed by atoms with Gasteiger partial charge in [-0.2, -0.15) is 25.3 Å². The summed E-state index contributed by atoms with van der Waals surface area (Å²) in [6.07, 6.45) is 0. The highest BCUT2D eigenvalue weighted by Crippen LogP contribution is 2.11. The van der Waals surface area contributed by atoms with Gasteiger partial charge in [0, 0.05) is 41.7 Å². The van der Waals surface area contributed by atoms with Crippen molar-refractivity contribution in [1.29, 1.82) is 0 Å². The van der Waals surface area contributed by atoms with Crippen LogP contribution in [-0.2, 0) is 0 Å². The van der Waals surface area contributed by atoms with E-state index in [0.29, 0.717) is 5.92 Å². The Hall–Kier alpha value is 0.580. The maximum atomic E-state index is 6.20. The van der Waals surface area contributed by atoms with Crippen LogP contribution in [0.2, 0.25) is 0 Å². The van der Waals surface area contributed by atoms with Crippen molar-refractivity contribution >= 4 is 25.3 Å². The quantitative estimate of drug-likeness (QED) is 0.331. The largest absolute Gasteiger partial charge is 0.326 e. The summed E-state index contributed by atoms with van der Waals surface area (Å²) in [7, 11) is 0. The van der Waals surface area contributed by atoms with Gasteiger partial charge in [0.1, 0.15) is 0 Å². The molecule has 0 saturated heterocycles. The van der Waals surface area contributed by atoms with Crippen molar-refractivity contribution in [2.75, 3.05) is 19.6 Å². The third-order valence-corrected chi connectivity index (χ3v) is 3.42. The van der Waals surface area contributed by atoms with Gasteiger partial charge < -0.3 is 16.4 Å². The Morgan fingerprint density at radius 1 is 1.17 bits per heavy atom. The molecule has 18 heavy (non-hydrogen) atoms. The zero-order valence-corrected chi connectivity index (χ0v) is 14.2. The van der Waals surface area contributed by atoms with Crippen LogP contribution in [-0.4, -0.2) is 41.7 Å². The van der Waals surface area contributed by atoms with E-state index in [1.165, 1.54) is 0 Å². The van der Waals surface area contributed by atoms with E-state index in [2.05, 4.69) is 70.5 Å². The van der Waals surface area contributed by atoms with Gasteiger partial charge in [0.2, 0.25) is 0 Å². The molecule has 5 heteroatoms. The maximum absolute atomic E-state index is 6.20. The minimum Gasteiger partial charge on any atom is -0.326 e. The SMILES string of the molecule is CC(C)C(N)C(NCCNCC(C)(C)S)C(C)S. The highest BCUT2D eigenvalue weighted by molar-refractivity contribution is 7.81. The van der Waals surface area contributed by atoms with Crippen molar-refractivity contribution in [3.63, 3.8) is 0 Å². The normalized spacial score (nSPS) is 17.8. The van der Waals surface area contributed by atoms with E-state index in [0.717, 1.165) is 19.6 Å². The van der Waals surface area contributed by atoms with Crippen molar-refractivity contribution in [2.24, 2.45) is 11.7 Å². The van der Waals surface area contributed by atoms with E-state index in [9.17, 15) is 0 Å². The van der Waals surface area contributed by atoms with E-state index in [1.807, 2.05) is 0 Å². The first-order chi connectivity index (χ1) is 8.15. The van der Waals surface area contributed by atoms with Crippen LogP contribution in [0.4, 0.5) is 0 Å². The summed E-state index contributed by atoms with van der Waals surface area (Å²) >= 11 is 9.00. The van der Waals surface area contributed by atoms with E-state index in [1.54, 1.807) is 0 Å². The summed E-state index contributed by atoms with van der Waals surface area (Å²) in [6.45, 7) is 13.3. The van der Waals surface area contributed by atoms with Gasteiger partial charge in [-0.25, -0.2) is 0 Å². The topological polar surface area (TPSA) is 50.1 Å². The van der Waals surface area contributed by atoms with Gasteiger partial charge in [-0.15, -0.1) is 0 Å². The highest BCUT2D eigenvalue weighted by Gasteiger charge is 2.23. The number of rotatable bonds is 9. The molecule has 0 aliphatic rings. The molecule has 0 radical (unpaired) electrons. The predicted octanol–water partition coefficient (Wildman–Crippen LogP) is 1.54. The Labute approximate surface area is 124 Å². The molecule has 4 N–H and O–H groups in total. The number of nitrogens with two attached hydrogens (primary N) is 1. The molecule has 3 unspecified atom stereocenters. The molecular formula is C13H31N3S2. The lowest BCUT2D eigenvalue weighted by molar-refractivity contribution is 0.354. The van der Waals surface area contributed by atoms with Crippen molar-refractivity contribution in [2.45, 2.75) is 56.7 Å². The Morgan fingerprint density at radius 2 is 1.72 bits per heavy atom. The van der Waals surface area contributed by atoms with Crippen LogP contribution in [0.5, 0.6) is 0 Å². The second-order valence-electron chi connectivity index (χ2n) is 6.03. The zero-order chi connectivity index (χ0) is 14.3. The van der Waals surface area contributed by atoms with E-state index >= 15 is 0 Å². The molecule has 0 heterocycles. The average Bonchev–Trinajstić information content (AvgIpc) is 2.20. The van der Waals surface area contributed by atoms with Gasteiger partial charge >= 0.3 is 0 Å². The molecular weight excluding hydrogens is 262 g/mol. The van der Waals surface area contributed by atoms with Gasteiger partial charge in [-0.1, -0.05) is 20.8 Å². The molecule has 0 amide bonds. The first-order valence-corrected chi connectivity index (χ1v) is 7.71. The van der Waals surface area contributed by atoms with Gasteiger partial charge in [0.25, 0.3) is 0 Å². The number of thiol groups is 2. The lowest BCUT2D eigenvalue weighted by Crippen LogP contribution is -2.53. The van der Waals surface area contributed by atoms with E-state index in [4.69, 9.17) is 5.73 Å². The molecule has 0 fully saturated rings. The van der Waals surface area contributed by atoms with Gasteiger partial charge in [0.05, 0.1) is 0 Å². The third-order valence-electron chi connectivity index (χ3n) is 2.94. The smallest absolute Gasteiger partial charge is 0.0336 e. The molecule has 0 aromatic heterocycles. The lowest BCUT2D eigenvalue weighted by atomic mass is 9.95. The molecule has 0 rings (SSSR count). The fourth-order valence-electron chi connectivity index (χ4n) is 1.76. The van der Waals surface area contributed by atoms with Crippen molar-refractivity contribution in [3.8, 4) is 0 Å². The summed E-state index contributed by atoms with van der Waals surface area (Å²) in [5, 5.41) is 7.13. The maximum Gasteiger partial charge on any atom is 0.0336 e. The van der Waals surface area contributed by atoms with Crippen LogP contribution in [0.3, 0.4) is 0 Å². The van der Waals surface area contributed by atoms with Crippen LogP contribution in [0.15, 0.2) is 0 Å². The monoisotopic (exact) mass is 293 g/mol. The van der Waals surface area contributed by atoms with Crippen LogP contribution in [0, 0.1) is 5.92 Å². The molecule has 3 atom stereocenters. The molecule has 0 aromatic rings. The molecule has 0 saturated carbocycles. The van der Waals surface area contributed by atoms with Gasteiger partial charge in [-0.05, 0) is 19.8 Å². The number of hydrogen-bond donors (Lipinski definition) is 5. The van der Waals surface area contributed by atoms with E-state index in [-0.39, 0.29) is 22.1 Å². The van der Waals surface area contributed by atoms with Crippen LogP contribution in [0.1, 0.15) is 34.6 Å². The second-order valence-corrected chi connectivity index (χ2v) is 8.06. The fourth-order valence-corrected chi connectivity index (χ4v) is 2.18. The standard InChI is InChI=1S/C13H31N3S2/c1-9(2)11(14)12(10(3)17)16-7-6-15-8-13(4,5)18/h9-12,15-18H,6-8,14H2,1-5H3. The van der Waals surface area contributed by atoms with Crippen molar-refractivity contribution in [3.05, 3.63) is 0 Å². The average molecular weight is 294 g/mol. The summed E-state index contributed by atoms with van der Waals surface area (Å²) in [5.74, 6) is 0.460.